The molecule has 10 heteroatoms. The minimum absolute atomic E-state index is 0.146. The van der Waals surface area contributed by atoms with E-state index >= 15 is 0 Å². The molecule has 0 radical (unpaired) electrons. The fourth-order valence-electron chi connectivity index (χ4n) is 2.81. The highest BCUT2D eigenvalue weighted by atomic mass is 16.4. The van der Waals surface area contributed by atoms with Crippen molar-refractivity contribution < 1.29 is 34.5 Å². The number of carbonyl (C=O) groups is 4. The van der Waals surface area contributed by atoms with E-state index in [1.807, 2.05) is 27.7 Å². The molecule has 1 rings (SSSR count). The Balaban J connectivity index is 0. The number of Topliss-reactive ketones (excluding diaryl/α,β-unsaturated/α-hetero) is 1. The van der Waals surface area contributed by atoms with Crippen LogP contribution in [0.2, 0.25) is 0 Å². The Bertz CT molecular complexity index is 486. The van der Waals surface area contributed by atoms with Gasteiger partial charge in [-0.25, -0.2) is 0 Å². The third-order valence-corrected chi connectivity index (χ3v) is 4.06. The maximum Gasteiger partial charge on any atom is 0.321 e. The van der Waals surface area contributed by atoms with Crippen LogP contribution in [0.1, 0.15) is 41.0 Å². The summed E-state index contributed by atoms with van der Waals surface area (Å²) < 4.78 is 0. The molecule has 29 heavy (non-hydrogen) atoms. The summed E-state index contributed by atoms with van der Waals surface area (Å²) in [5.41, 5.74) is 0. The molecule has 1 unspecified atom stereocenters. The average Bonchev–Trinajstić information content (AvgIpc) is 2.74. The summed E-state index contributed by atoms with van der Waals surface area (Å²) in [5.74, 6) is -3.38. The zero-order valence-electron chi connectivity index (χ0n) is 18.3. The summed E-state index contributed by atoms with van der Waals surface area (Å²) >= 11 is 0. The summed E-state index contributed by atoms with van der Waals surface area (Å²) in [7, 11) is 0. The number of carboxylic acids is 3. The molecule has 0 saturated carbocycles. The Hall–Kier alpha value is -2.04. The lowest BCUT2D eigenvalue weighted by atomic mass is 10.1. The minimum atomic E-state index is -1.12. The number of hydrogen-bond donors (Lipinski definition) is 3. The van der Waals surface area contributed by atoms with Crippen molar-refractivity contribution in [3.63, 3.8) is 0 Å². The SMILES string of the molecule is CC.CC.CC(=O)CC(C(=O)O)N1CCN(CC(=O)O)CCN(CC(=O)O)CC1. The van der Waals surface area contributed by atoms with Crippen molar-refractivity contribution in [2.75, 3.05) is 52.4 Å². The van der Waals surface area contributed by atoms with Crippen LogP contribution in [0, 0.1) is 0 Å². The van der Waals surface area contributed by atoms with Gasteiger partial charge in [0.25, 0.3) is 0 Å². The van der Waals surface area contributed by atoms with Crippen LogP contribution in [-0.4, -0.2) is 112 Å². The highest BCUT2D eigenvalue weighted by molar-refractivity contribution is 5.84. The van der Waals surface area contributed by atoms with Crippen molar-refractivity contribution in [2.45, 2.75) is 47.1 Å². The van der Waals surface area contributed by atoms with Gasteiger partial charge in [0.15, 0.2) is 0 Å². The largest absolute Gasteiger partial charge is 0.480 e. The van der Waals surface area contributed by atoms with Crippen molar-refractivity contribution >= 4 is 23.7 Å². The molecular weight excluding hydrogens is 382 g/mol. The Kier molecular flexibility index (Phi) is 17.0. The van der Waals surface area contributed by atoms with Crippen LogP contribution in [0.4, 0.5) is 0 Å². The topological polar surface area (TPSA) is 139 Å². The smallest absolute Gasteiger partial charge is 0.321 e. The maximum atomic E-state index is 11.5. The first-order valence-corrected chi connectivity index (χ1v) is 10.0. The van der Waals surface area contributed by atoms with E-state index in [4.69, 9.17) is 10.2 Å². The first-order valence-electron chi connectivity index (χ1n) is 10.0. The second-order valence-electron chi connectivity index (χ2n) is 6.14. The first-order chi connectivity index (χ1) is 13.7. The number of ketones is 1. The Labute approximate surface area is 173 Å². The molecular formula is C19H37N3O7. The van der Waals surface area contributed by atoms with Crippen LogP contribution in [0.25, 0.3) is 0 Å². The maximum absolute atomic E-state index is 11.5. The molecule has 0 aliphatic carbocycles. The van der Waals surface area contributed by atoms with Crippen LogP contribution in [0.3, 0.4) is 0 Å². The predicted molar refractivity (Wildman–Crippen MR) is 109 cm³/mol. The van der Waals surface area contributed by atoms with Gasteiger partial charge in [0.1, 0.15) is 11.8 Å². The monoisotopic (exact) mass is 419 g/mol. The molecule has 1 saturated heterocycles. The zero-order chi connectivity index (χ0) is 23.0. The van der Waals surface area contributed by atoms with Gasteiger partial charge in [-0.3, -0.25) is 33.9 Å². The summed E-state index contributed by atoms with van der Waals surface area (Å²) in [5, 5.41) is 27.4. The Morgan fingerprint density at radius 3 is 1.34 bits per heavy atom. The van der Waals surface area contributed by atoms with Gasteiger partial charge in [-0.15, -0.1) is 0 Å². The summed E-state index contributed by atoms with van der Waals surface area (Å²) in [4.78, 5) is 49.8. The van der Waals surface area contributed by atoms with Gasteiger partial charge in [-0.05, 0) is 6.92 Å². The molecule has 1 aliphatic rings. The summed E-state index contributed by atoms with van der Waals surface area (Å²) in [6.45, 7) is 10.9. The number of hydrogen-bond acceptors (Lipinski definition) is 7. The van der Waals surface area contributed by atoms with Crippen LogP contribution in [-0.2, 0) is 19.2 Å². The lowest BCUT2D eigenvalue weighted by molar-refractivity contribution is -0.146. The number of carboxylic acid groups (broad SMARTS) is 3. The second kappa shape index (κ2) is 16.9. The van der Waals surface area contributed by atoms with Crippen LogP contribution >= 0.6 is 0 Å². The van der Waals surface area contributed by atoms with Crippen molar-refractivity contribution in [1.82, 2.24) is 14.7 Å². The van der Waals surface area contributed by atoms with Crippen LogP contribution in [0.5, 0.6) is 0 Å². The third-order valence-electron chi connectivity index (χ3n) is 4.06. The zero-order valence-corrected chi connectivity index (χ0v) is 18.3. The summed E-state index contributed by atoms with van der Waals surface area (Å²) in [6, 6.07) is -1.01. The molecule has 1 fully saturated rings. The van der Waals surface area contributed by atoms with E-state index in [0.717, 1.165) is 0 Å². The Morgan fingerprint density at radius 1 is 0.724 bits per heavy atom. The molecule has 1 atom stereocenters. The molecule has 0 aromatic carbocycles. The molecule has 0 spiro atoms. The van der Waals surface area contributed by atoms with E-state index in [0.29, 0.717) is 39.3 Å². The van der Waals surface area contributed by atoms with E-state index in [1.54, 1.807) is 14.7 Å². The van der Waals surface area contributed by atoms with E-state index in [2.05, 4.69) is 0 Å². The molecule has 10 nitrogen and oxygen atoms in total. The molecule has 3 N–H and O–H groups in total. The first kappa shape index (κ1) is 29.2. The van der Waals surface area contributed by atoms with Crippen molar-refractivity contribution in [2.24, 2.45) is 0 Å². The van der Waals surface area contributed by atoms with Crippen LogP contribution in [0.15, 0.2) is 0 Å². The molecule has 0 aromatic heterocycles. The van der Waals surface area contributed by atoms with Gasteiger partial charge in [-0.2, -0.15) is 0 Å². The normalized spacial score (nSPS) is 17.1. The quantitative estimate of drug-likeness (QED) is 0.511. The fraction of sp³-hybridized carbons (Fsp3) is 0.789. The minimum Gasteiger partial charge on any atom is -0.480 e. The molecule has 170 valence electrons. The van der Waals surface area contributed by atoms with Gasteiger partial charge in [-0.1, -0.05) is 27.7 Å². The Morgan fingerprint density at radius 2 is 1.07 bits per heavy atom. The molecule has 0 bridgehead atoms. The summed E-state index contributed by atoms with van der Waals surface area (Å²) in [6.07, 6.45) is -0.146. The van der Waals surface area contributed by atoms with Gasteiger partial charge in [0.05, 0.1) is 13.1 Å². The van der Waals surface area contributed by atoms with E-state index < -0.39 is 23.9 Å². The second-order valence-corrected chi connectivity index (χ2v) is 6.14. The standard InChI is InChI=1S/C15H25N3O7.2C2H6/c1-11(19)8-12(15(24)25)18-6-4-16(9-13(20)21)2-3-17(5-7-18)10-14(22)23;2*1-2/h12H,2-10H2,1H3,(H,20,21)(H,22,23)(H,24,25);2*1-2H3. The molecule has 0 amide bonds. The number of carbonyl (C=O) groups excluding carboxylic acids is 1. The fourth-order valence-corrected chi connectivity index (χ4v) is 2.81. The van der Waals surface area contributed by atoms with Crippen molar-refractivity contribution in [3.8, 4) is 0 Å². The third kappa shape index (κ3) is 13.7. The van der Waals surface area contributed by atoms with Crippen molar-refractivity contribution in [1.29, 1.82) is 0 Å². The van der Waals surface area contributed by atoms with Gasteiger partial charge in [0, 0.05) is 45.7 Å². The highest BCUT2D eigenvalue weighted by Gasteiger charge is 2.29. The molecule has 1 aliphatic heterocycles. The van der Waals surface area contributed by atoms with Gasteiger partial charge < -0.3 is 15.3 Å². The molecule has 1 heterocycles. The number of aliphatic carboxylic acids is 3. The lowest BCUT2D eigenvalue weighted by Gasteiger charge is -2.30. The van der Waals surface area contributed by atoms with E-state index in [1.165, 1.54) is 6.92 Å². The number of rotatable bonds is 8. The molecule has 0 aromatic rings. The van der Waals surface area contributed by atoms with Gasteiger partial charge >= 0.3 is 17.9 Å². The number of nitrogens with zero attached hydrogens (tertiary/aromatic N) is 3. The average molecular weight is 420 g/mol. The van der Waals surface area contributed by atoms with Crippen molar-refractivity contribution in [3.05, 3.63) is 0 Å². The lowest BCUT2D eigenvalue weighted by Crippen LogP contribution is -2.47. The van der Waals surface area contributed by atoms with Gasteiger partial charge in [0.2, 0.25) is 0 Å². The predicted octanol–water partition coefficient (Wildman–Crippen LogP) is 0.560. The van der Waals surface area contributed by atoms with E-state index in [-0.39, 0.29) is 25.3 Å². The van der Waals surface area contributed by atoms with Crippen LogP contribution < -0.4 is 0 Å². The highest BCUT2D eigenvalue weighted by Crippen LogP contribution is 2.09. The van der Waals surface area contributed by atoms with E-state index in [9.17, 15) is 24.3 Å².